The quantitative estimate of drug-likeness (QED) is 0.697. The van der Waals surface area contributed by atoms with Crippen molar-refractivity contribution in [3.63, 3.8) is 0 Å². The summed E-state index contributed by atoms with van der Waals surface area (Å²) in [6.07, 6.45) is 3.30. The summed E-state index contributed by atoms with van der Waals surface area (Å²) in [6, 6.07) is 10.3. The van der Waals surface area contributed by atoms with Gasteiger partial charge >= 0.3 is 0 Å². The van der Waals surface area contributed by atoms with Gasteiger partial charge < -0.3 is 14.2 Å². The maximum atomic E-state index is 6.08. The summed E-state index contributed by atoms with van der Waals surface area (Å²) in [4.78, 5) is 7.33. The van der Waals surface area contributed by atoms with E-state index in [-0.39, 0.29) is 0 Å². The van der Waals surface area contributed by atoms with Crippen molar-refractivity contribution in [1.82, 2.24) is 9.88 Å². The fourth-order valence-corrected chi connectivity index (χ4v) is 3.77. The Balaban J connectivity index is 1.88. The Morgan fingerprint density at radius 3 is 2.30 bits per heavy atom. The average molecular weight is 370 g/mol. The zero-order valence-corrected chi connectivity index (χ0v) is 16.8. The molecule has 3 rings (SSSR count). The second-order valence-electron chi connectivity index (χ2n) is 6.90. The number of fused-ring (bicyclic) bond motifs is 1. The van der Waals surface area contributed by atoms with Gasteiger partial charge in [-0.05, 0) is 50.6 Å². The van der Waals surface area contributed by atoms with Crippen LogP contribution in [0.25, 0.3) is 11.3 Å². The van der Waals surface area contributed by atoms with Crippen molar-refractivity contribution in [3.8, 4) is 28.6 Å². The lowest BCUT2D eigenvalue weighted by atomic mass is 10.0. The van der Waals surface area contributed by atoms with Crippen LogP contribution in [-0.2, 0) is 6.42 Å². The van der Waals surface area contributed by atoms with Gasteiger partial charge in [0.1, 0.15) is 18.1 Å². The molecule has 0 fully saturated rings. The second-order valence-corrected chi connectivity index (χ2v) is 6.90. The van der Waals surface area contributed by atoms with Crippen molar-refractivity contribution in [2.75, 3.05) is 33.9 Å². The highest BCUT2D eigenvalue weighted by atomic mass is 16.5. The van der Waals surface area contributed by atoms with E-state index in [1.54, 1.807) is 14.2 Å². The van der Waals surface area contributed by atoms with Gasteiger partial charge in [-0.2, -0.15) is 0 Å². The Labute approximate surface area is 162 Å². The lowest BCUT2D eigenvalue weighted by molar-refractivity contribution is 0.115. The van der Waals surface area contributed by atoms with E-state index < -0.39 is 0 Å². The molecule has 146 valence electrons. The molecule has 1 aliphatic rings. The molecule has 1 unspecified atom stereocenters. The topological polar surface area (TPSA) is 43.8 Å². The molecule has 27 heavy (non-hydrogen) atoms. The first-order valence-electron chi connectivity index (χ1n) is 9.79. The van der Waals surface area contributed by atoms with E-state index in [0.29, 0.717) is 12.6 Å². The summed E-state index contributed by atoms with van der Waals surface area (Å²) >= 11 is 0. The predicted molar refractivity (Wildman–Crippen MR) is 108 cm³/mol. The Morgan fingerprint density at radius 2 is 1.70 bits per heavy atom. The van der Waals surface area contributed by atoms with Crippen molar-refractivity contribution >= 4 is 0 Å². The van der Waals surface area contributed by atoms with Gasteiger partial charge in [0.25, 0.3) is 0 Å². The highest BCUT2D eigenvalue weighted by molar-refractivity contribution is 5.74. The lowest BCUT2D eigenvalue weighted by Gasteiger charge is -2.34. The zero-order chi connectivity index (χ0) is 19.2. The number of hydrogen-bond donors (Lipinski definition) is 0. The minimum atomic E-state index is 0.422. The van der Waals surface area contributed by atoms with Gasteiger partial charge in [-0.25, -0.2) is 4.98 Å². The largest absolute Gasteiger partial charge is 0.496 e. The van der Waals surface area contributed by atoms with Gasteiger partial charge in [-0.15, -0.1) is 0 Å². The van der Waals surface area contributed by atoms with E-state index in [9.17, 15) is 0 Å². The monoisotopic (exact) mass is 370 g/mol. The fourth-order valence-electron chi connectivity index (χ4n) is 3.77. The maximum absolute atomic E-state index is 6.08. The molecular weight excluding hydrogens is 340 g/mol. The standard InChI is InChI=1S/C22H30N2O3/c1-5-12-24(13-6-2)17-14-16-10-11-18(23-22(16)27-15-17)21-19(25-3)8-7-9-20(21)26-4/h7-11,17H,5-6,12-15H2,1-4H3. The van der Waals surface area contributed by atoms with Crippen molar-refractivity contribution < 1.29 is 14.2 Å². The van der Waals surface area contributed by atoms with Crippen LogP contribution in [-0.4, -0.2) is 49.8 Å². The minimum absolute atomic E-state index is 0.422. The molecule has 1 aromatic heterocycles. The first kappa shape index (κ1) is 19.5. The van der Waals surface area contributed by atoms with Crippen LogP contribution in [0.1, 0.15) is 32.3 Å². The second kappa shape index (κ2) is 9.09. The fraction of sp³-hybridized carbons (Fsp3) is 0.500. The van der Waals surface area contributed by atoms with Crippen molar-refractivity contribution in [2.45, 2.75) is 39.2 Å². The van der Waals surface area contributed by atoms with Crippen LogP contribution in [0.2, 0.25) is 0 Å². The van der Waals surface area contributed by atoms with Gasteiger partial charge in [-0.1, -0.05) is 26.0 Å². The normalized spacial score (nSPS) is 16.0. The van der Waals surface area contributed by atoms with E-state index >= 15 is 0 Å². The molecule has 2 aromatic rings. The molecule has 0 spiro atoms. The van der Waals surface area contributed by atoms with E-state index in [1.807, 2.05) is 24.3 Å². The molecule has 1 atom stereocenters. The van der Waals surface area contributed by atoms with Crippen LogP contribution >= 0.6 is 0 Å². The molecule has 0 amide bonds. The number of ether oxygens (including phenoxy) is 3. The summed E-state index contributed by atoms with van der Waals surface area (Å²) < 4.78 is 17.1. The maximum Gasteiger partial charge on any atom is 0.217 e. The third kappa shape index (κ3) is 4.19. The van der Waals surface area contributed by atoms with E-state index in [1.165, 1.54) is 5.56 Å². The molecule has 0 N–H and O–H groups in total. The van der Waals surface area contributed by atoms with Gasteiger partial charge in [0.05, 0.1) is 25.5 Å². The summed E-state index contributed by atoms with van der Waals surface area (Å²) in [5.41, 5.74) is 2.83. The van der Waals surface area contributed by atoms with Crippen LogP contribution < -0.4 is 14.2 Å². The van der Waals surface area contributed by atoms with E-state index in [0.717, 1.165) is 61.0 Å². The van der Waals surface area contributed by atoms with Gasteiger partial charge in [0, 0.05) is 11.6 Å². The zero-order valence-electron chi connectivity index (χ0n) is 16.8. The van der Waals surface area contributed by atoms with Crippen LogP contribution in [0.3, 0.4) is 0 Å². The van der Waals surface area contributed by atoms with Gasteiger partial charge in [0.15, 0.2) is 0 Å². The summed E-state index contributed by atoms with van der Waals surface area (Å²) in [5, 5.41) is 0. The summed E-state index contributed by atoms with van der Waals surface area (Å²) in [5.74, 6) is 2.21. The van der Waals surface area contributed by atoms with Crippen LogP contribution in [0.5, 0.6) is 17.4 Å². The Bertz CT molecular complexity index is 735. The lowest BCUT2D eigenvalue weighted by Crippen LogP contribution is -2.44. The molecule has 0 saturated heterocycles. The Kier molecular flexibility index (Phi) is 6.56. The molecule has 2 heterocycles. The molecule has 0 aliphatic carbocycles. The highest BCUT2D eigenvalue weighted by Gasteiger charge is 2.26. The number of benzene rings is 1. The minimum Gasteiger partial charge on any atom is -0.496 e. The smallest absolute Gasteiger partial charge is 0.217 e. The van der Waals surface area contributed by atoms with Crippen LogP contribution in [0.4, 0.5) is 0 Å². The Hall–Kier alpha value is -2.27. The summed E-state index contributed by atoms with van der Waals surface area (Å²) in [6.45, 7) is 7.37. The third-order valence-corrected chi connectivity index (χ3v) is 5.03. The number of methoxy groups -OCH3 is 2. The van der Waals surface area contributed by atoms with Crippen molar-refractivity contribution in [3.05, 3.63) is 35.9 Å². The first-order chi connectivity index (χ1) is 13.2. The van der Waals surface area contributed by atoms with Crippen LogP contribution in [0.15, 0.2) is 30.3 Å². The first-order valence-corrected chi connectivity index (χ1v) is 9.79. The summed E-state index contributed by atoms with van der Waals surface area (Å²) in [7, 11) is 3.32. The molecule has 0 saturated carbocycles. The van der Waals surface area contributed by atoms with Crippen molar-refractivity contribution in [2.24, 2.45) is 0 Å². The molecule has 5 nitrogen and oxygen atoms in total. The average Bonchev–Trinajstić information content (AvgIpc) is 2.72. The number of hydrogen-bond acceptors (Lipinski definition) is 5. The number of rotatable bonds is 8. The molecule has 0 radical (unpaired) electrons. The highest BCUT2D eigenvalue weighted by Crippen LogP contribution is 2.39. The van der Waals surface area contributed by atoms with Gasteiger partial charge in [-0.3, -0.25) is 4.90 Å². The molecular formula is C22H30N2O3. The molecule has 1 aromatic carbocycles. The number of pyridine rings is 1. The molecule has 0 bridgehead atoms. The van der Waals surface area contributed by atoms with Crippen molar-refractivity contribution in [1.29, 1.82) is 0 Å². The number of nitrogens with zero attached hydrogens (tertiary/aromatic N) is 2. The molecule has 5 heteroatoms. The Morgan fingerprint density at radius 1 is 1.04 bits per heavy atom. The predicted octanol–water partition coefficient (Wildman–Crippen LogP) is 4.19. The van der Waals surface area contributed by atoms with Crippen LogP contribution in [0, 0.1) is 0 Å². The third-order valence-electron chi connectivity index (χ3n) is 5.03. The SMILES string of the molecule is CCCN(CCC)C1COc2nc(-c3c(OC)cccc3OC)ccc2C1. The van der Waals surface area contributed by atoms with E-state index in [2.05, 4.69) is 24.8 Å². The van der Waals surface area contributed by atoms with Gasteiger partial charge in [0.2, 0.25) is 5.88 Å². The number of aromatic nitrogens is 1. The molecule has 1 aliphatic heterocycles. The van der Waals surface area contributed by atoms with E-state index in [4.69, 9.17) is 19.2 Å².